The molecule has 1 aromatic heterocycles. The number of anilines is 1. The standard InChI is InChI=1S/C22H30N4O4/c27-19-13-17(7-11-26(19)14-20(28)29)22(30)25-9-5-15(6-10-25)12-18-4-3-16-2-1-8-23-21(16)24-18/h3-4,15,17H,1-2,5-14H2,(H,23,24)(H,28,29). The Balaban J connectivity index is 1.26. The van der Waals surface area contributed by atoms with Gasteiger partial charge in [0.05, 0.1) is 0 Å². The highest BCUT2D eigenvalue weighted by Crippen LogP contribution is 2.27. The highest BCUT2D eigenvalue weighted by molar-refractivity contribution is 5.88. The molecule has 30 heavy (non-hydrogen) atoms. The predicted octanol–water partition coefficient (Wildman–Crippen LogP) is 1.54. The largest absolute Gasteiger partial charge is 0.480 e. The Bertz CT molecular complexity index is 819. The van der Waals surface area contributed by atoms with E-state index in [1.54, 1.807) is 0 Å². The van der Waals surface area contributed by atoms with E-state index in [1.165, 1.54) is 10.5 Å². The van der Waals surface area contributed by atoms with E-state index in [0.29, 0.717) is 18.9 Å². The van der Waals surface area contributed by atoms with Crippen molar-refractivity contribution in [1.29, 1.82) is 0 Å². The molecule has 1 aromatic rings. The Labute approximate surface area is 176 Å². The van der Waals surface area contributed by atoms with Gasteiger partial charge in [0.2, 0.25) is 11.8 Å². The molecule has 2 saturated heterocycles. The number of amides is 2. The summed E-state index contributed by atoms with van der Waals surface area (Å²) in [5.74, 6) is 0.0382. The number of piperidine rings is 2. The van der Waals surface area contributed by atoms with Crippen LogP contribution in [0.25, 0.3) is 0 Å². The highest BCUT2D eigenvalue weighted by Gasteiger charge is 2.34. The van der Waals surface area contributed by atoms with Gasteiger partial charge in [-0.1, -0.05) is 6.07 Å². The lowest BCUT2D eigenvalue weighted by molar-refractivity contribution is -0.150. The number of fused-ring (bicyclic) bond motifs is 1. The Morgan fingerprint density at radius 3 is 2.70 bits per heavy atom. The number of nitrogens with one attached hydrogen (secondary N) is 1. The van der Waals surface area contributed by atoms with Crippen LogP contribution in [0.3, 0.4) is 0 Å². The Kier molecular flexibility index (Phi) is 6.20. The van der Waals surface area contributed by atoms with Gasteiger partial charge in [-0.15, -0.1) is 0 Å². The van der Waals surface area contributed by atoms with Crippen molar-refractivity contribution in [3.8, 4) is 0 Å². The molecular weight excluding hydrogens is 384 g/mol. The summed E-state index contributed by atoms with van der Waals surface area (Å²) >= 11 is 0. The molecule has 1 atom stereocenters. The number of rotatable bonds is 5. The van der Waals surface area contributed by atoms with Crippen molar-refractivity contribution in [1.82, 2.24) is 14.8 Å². The van der Waals surface area contributed by atoms with Crippen LogP contribution in [0.2, 0.25) is 0 Å². The molecular formula is C22H30N4O4. The maximum atomic E-state index is 12.9. The summed E-state index contributed by atoms with van der Waals surface area (Å²) in [5, 5.41) is 12.3. The second kappa shape index (κ2) is 9.02. The lowest BCUT2D eigenvalue weighted by Gasteiger charge is -2.36. The summed E-state index contributed by atoms with van der Waals surface area (Å²) in [6.45, 7) is 2.49. The number of nitrogens with zero attached hydrogens (tertiary/aromatic N) is 3. The van der Waals surface area contributed by atoms with Gasteiger partial charge in [-0.2, -0.15) is 0 Å². The molecule has 0 aliphatic carbocycles. The van der Waals surface area contributed by atoms with Gasteiger partial charge in [0.15, 0.2) is 0 Å². The number of aliphatic carboxylic acids is 1. The molecule has 3 aliphatic heterocycles. The van der Waals surface area contributed by atoms with Crippen molar-refractivity contribution >= 4 is 23.6 Å². The number of aromatic nitrogens is 1. The first kappa shape index (κ1) is 20.6. The second-order valence-electron chi connectivity index (χ2n) is 8.71. The molecule has 4 heterocycles. The zero-order valence-electron chi connectivity index (χ0n) is 17.3. The molecule has 2 fully saturated rings. The van der Waals surface area contributed by atoms with Crippen LogP contribution in [0.5, 0.6) is 0 Å². The lowest BCUT2D eigenvalue weighted by Crippen LogP contribution is -2.48. The third kappa shape index (κ3) is 4.74. The zero-order valence-corrected chi connectivity index (χ0v) is 17.3. The second-order valence-corrected chi connectivity index (χ2v) is 8.71. The maximum absolute atomic E-state index is 12.9. The summed E-state index contributed by atoms with van der Waals surface area (Å²) in [4.78, 5) is 43.9. The quantitative estimate of drug-likeness (QED) is 0.758. The molecule has 3 aliphatic rings. The number of carbonyl (C=O) groups excluding carboxylic acids is 2. The van der Waals surface area contributed by atoms with Crippen LogP contribution >= 0.6 is 0 Å². The van der Waals surface area contributed by atoms with E-state index in [4.69, 9.17) is 10.1 Å². The van der Waals surface area contributed by atoms with E-state index in [1.807, 2.05) is 4.90 Å². The van der Waals surface area contributed by atoms with Gasteiger partial charge in [-0.05, 0) is 56.1 Å². The van der Waals surface area contributed by atoms with Gasteiger partial charge in [0.1, 0.15) is 12.4 Å². The van der Waals surface area contributed by atoms with Crippen molar-refractivity contribution in [2.45, 2.75) is 44.9 Å². The number of pyridine rings is 1. The SMILES string of the molecule is O=C(O)CN1CCC(C(=O)N2CCC(Cc3ccc4c(n3)NCCC4)CC2)CC1=O. The van der Waals surface area contributed by atoms with Gasteiger partial charge in [0.25, 0.3) is 0 Å². The fourth-order valence-corrected chi connectivity index (χ4v) is 4.81. The normalized spacial score (nSPS) is 22.4. The van der Waals surface area contributed by atoms with Crippen molar-refractivity contribution in [2.24, 2.45) is 11.8 Å². The molecule has 0 spiro atoms. The Morgan fingerprint density at radius 2 is 1.97 bits per heavy atom. The summed E-state index contributed by atoms with van der Waals surface area (Å²) < 4.78 is 0. The summed E-state index contributed by atoms with van der Waals surface area (Å²) in [7, 11) is 0. The minimum absolute atomic E-state index is 0.0490. The zero-order chi connectivity index (χ0) is 21.1. The molecule has 8 nitrogen and oxygen atoms in total. The van der Waals surface area contributed by atoms with Gasteiger partial charge < -0.3 is 20.2 Å². The van der Waals surface area contributed by atoms with Gasteiger partial charge in [-0.25, -0.2) is 4.98 Å². The van der Waals surface area contributed by atoms with Crippen LogP contribution in [0.1, 0.15) is 43.4 Å². The van der Waals surface area contributed by atoms with Crippen LogP contribution in [0.4, 0.5) is 5.82 Å². The fourth-order valence-electron chi connectivity index (χ4n) is 4.81. The number of aryl methyl sites for hydroxylation is 1. The first-order valence-corrected chi connectivity index (χ1v) is 11.0. The van der Waals surface area contributed by atoms with E-state index in [9.17, 15) is 14.4 Å². The van der Waals surface area contributed by atoms with Crippen molar-refractivity contribution in [3.63, 3.8) is 0 Å². The molecule has 162 valence electrons. The molecule has 0 aromatic carbocycles. The Hall–Kier alpha value is -2.64. The summed E-state index contributed by atoms with van der Waals surface area (Å²) in [5.41, 5.74) is 2.42. The molecule has 0 bridgehead atoms. The van der Waals surface area contributed by atoms with Gasteiger partial charge >= 0.3 is 5.97 Å². The first-order chi connectivity index (χ1) is 14.5. The molecule has 1 unspecified atom stereocenters. The van der Waals surface area contributed by atoms with Gasteiger partial charge in [0, 0.05) is 44.2 Å². The topological polar surface area (TPSA) is 103 Å². The minimum Gasteiger partial charge on any atom is -0.480 e. The number of hydrogen-bond donors (Lipinski definition) is 2. The van der Waals surface area contributed by atoms with Crippen LogP contribution in [-0.4, -0.2) is 70.4 Å². The minimum atomic E-state index is -1.01. The van der Waals surface area contributed by atoms with Crippen molar-refractivity contribution < 1.29 is 19.5 Å². The van der Waals surface area contributed by atoms with Crippen molar-refractivity contribution in [2.75, 3.05) is 38.0 Å². The molecule has 0 saturated carbocycles. The molecule has 4 rings (SSSR count). The average molecular weight is 415 g/mol. The van der Waals surface area contributed by atoms with E-state index in [-0.39, 0.29) is 30.7 Å². The number of carboxylic acid groups (broad SMARTS) is 1. The van der Waals surface area contributed by atoms with Crippen molar-refractivity contribution in [3.05, 3.63) is 23.4 Å². The summed E-state index contributed by atoms with van der Waals surface area (Å²) in [6.07, 6.45) is 5.75. The third-order valence-corrected chi connectivity index (χ3v) is 6.57. The van der Waals surface area contributed by atoms with E-state index < -0.39 is 5.97 Å². The lowest BCUT2D eigenvalue weighted by atomic mass is 9.89. The number of carboxylic acids is 1. The third-order valence-electron chi connectivity index (χ3n) is 6.57. The molecule has 2 N–H and O–H groups in total. The van der Waals surface area contributed by atoms with E-state index >= 15 is 0 Å². The van der Waals surface area contributed by atoms with Crippen LogP contribution in [0.15, 0.2) is 12.1 Å². The molecule has 0 radical (unpaired) electrons. The predicted molar refractivity (Wildman–Crippen MR) is 111 cm³/mol. The number of carbonyl (C=O) groups is 3. The van der Waals surface area contributed by atoms with E-state index in [0.717, 1.165) is 63.3 Å². The first-order valence-electron chi connectivity index (χ1n) is 11.0. The van der Waals surface area contributed by atoms with E-state index in [2.05, 4.69) is 17.4 Å². The highest BCUT2D eigenvalue weighted by atomic mass is 16.4. The maximum Gasteiger partial charge on any atom is 0.323 e. The number of likely N-dealkylation sites (tertiary alicyclic amines) is 2. The molecule has 2 amide bonds. The van der Waals surface area contributed by atoms with Gasteiger partial charge in [-0.3, -0.25) is 14.4 Å². The monoisotopic (exact) mass is 414 g/mol. The van der Waals surface area contributed by atoms with Crippen LogP contribution in [0, 0.1) is 11.8 Å². The number of hydrogen-bond acceptors (Lipinski definition) is 5. The van der Waals surface area contributed by atoms with Crippen LogP contribution < -0.4 is 5.32 Å². The fraction of sp³-hybridized carbons (Fsp3) is 0.636. The Morgan fingerprint density at radius 1 is 1.17 bits per heavy atom. The van der Waals surface area contributed by atoms with Crippen LogP contribution in [-0.2, 0) is 27.2 Å². The summed E-state index contributed by atoms with van der Waals surface area (Å²) in [6, 6.07) is 4.33. The average Bonchev–Trinajstić information content (AvgIpc) is 2.75. The molecule has 8 heteroatoms. The smallest absolute Gasteiger partial charge is 0.323 e.